The predicted octanol–water partition coefficient (Wildman–Crippen LogP) is 1.82. The van der Waals surface area contributed by atoms with Gasteiger partial charge in [-0.15, -0.1) is 0 Å². The third-order valence-corrected chi connectivity index (χ3v) is 2.60. The molecule has 1 aromatic carbocycles. The van der Waals surface area contributed by atoms with Gasteiger partial charge in [-0.3, -0.25) is 0 Å². The van der Waals surface area contributed by atoms with Crippen LogP contribution in [0.3, 0.4) is 0 Å². The molecule has 0 bridgehead atoms. The van der Waals surface area contributed by atoms with Gasteiger partial charge in [-0.25, -0.2) is 0 Å². The molecule has 1 heterocycles. The van der Waals surface area contributed by atoms with Crippen LogP contribution in [0.15, 0.2) is 12.1 Å². The Morgan fingerprint density at radius 3 is 3.00 bits per heavy atom. The number of benzene rings is 1. The van der Waals surface area contributed by atoms with E-state index in [1.54, 1.807) is 7.11 Å². The van der Waals surface area contributed by atoms with Crippen molar-refractivity contribution in [2.75, 3.05) is 13.7 Å². The van der Waals surface area contributed by atoms with Crippen molar-refractivity contribution in [1.82, 2.24) is 0 Å². The second-order valence-corrected chi connectivity index (χ2v) is 3.46. The molecule has 0 fully saturated rings. The highest BCUT2D eigenvalue weighted by Gasteiger charge is 2.22. The normalized spacial score (nSPS) is 19.8. The number of hydrogen-bond donors (Lipinski definition) is 1. The molecule has 1 aliphatic rings. The fraction of sp³-hybridized carbons (Fsp3) is 0.455. The fourth-order valence-corrected chi connectivity index (χ4v) is 1.80. The zero-order valence-corrected chi connectivity index (χ0v) is 8.41. The number of hydrogen-bond acceptors (Lipinski definition) is 3. The Labute approximate surface area is 83.3 Å². The van der Waals surface area contributed by atoms with Gasteiger partial charge in [-0.2, -0.15) is 0 Å². The van der Waals surface area contributed by atoms with Gasteiger partial charge >= 0.3 is 0 Å². The number of aliphatic hydroxyl groups is 1. The molecule has 76 valence electrons. The second kappa shape index (κ2) is 3.50. The standard InChI is InChI=1S/C11H14O3/c1-7-10(13-2)4-3-8-9(12)5-6-14-11(7)8/h3-4,9,12H,5-6H2,1-2H3/t9-/m1/s1. The summed E-state index contributed by atoms with van der Waals surface area (Å²) in [4.78, 5) is 0. The molecule has 0 aliphatic carbocycles. The summed E-state index contributed by atoms with van der Waals surface area (Å²) >= 11 is 0. The number of methoxy groups -OCH3 is 1. The Bertz CT molecular complexity index is 347. The summed E-state index contributed by atoms with van der Waals surface area (Å²) in [7, 11) is 1.63. The minimum absolute atomic E-state index is 0.400. The topological polar surface area (TPSA) is 38.7 Å². The van der Waals surface area contributed by atoms with E-state index in [0.717, 1.165) is 22.6 Å². The first-order chi connectivity index (χ1) is 6.74. The minimum Gasteiger partial charge on any atom is -0.496 e. The SMILES string of the molecule is COc1ccc2c(c1C)OCC[C@H]2O. The molecule has 1 N–H and O–H groups in total. The van der Waals surface area contributed by atoms with Gasteiger partial charge in [0.25, 0.3) is 0 Å². The van der Waals surface area contributed by atoms with E-state index in [1.807, 2.05) is 19.1 Å². The monoisotopic (exact) mass is 194 g/mol. The van der Waals surface area contributed by atoms with Crippen LogP contribution in [-0.4, -0.2) is 18.8 Å². The van der Waals surface area contributed by atoms with Crippen molar-refractivity contribution in [1.29, 1.82) is 0 Å². The van der Waals surface area contributed by atoms with Crippen LogP contribution in [0.5, 0.6) is 11.5 Å². The molecule has 14 heavy (non-hydrogen) atoms. The summed E-state index contributed by atoms with van der Waals surface area (Å²) in [5.41, 5.74) is 1.83. The van der Waals surface area contributed by atoms with E-state index in [9.17, 15) is 5.11 Å². The zero-order chi connectivity index (χ0) is 10.1. The quantitative estimate of drug-likeness (QED) is 0.741. The van der Waals surface area contributed by atoms with Crippen LogP contribution in [0.4, 0.5) is 0 Å². The van der Waals surface area contributed by atoms with Crippen LogP contribution in [-0.2, 0) is 0 Å². The van der Waals surface area contributed by atoms with Gasteiger partial charge in [-0.1, -0.05) is 0 Å². The van der Waals surface area contributed by atoms with Crippen LogP contribution < -0.4 is 9.47 Å². The van der Waals surface area contributed by atoms with Crippen molar-refractivity contribution < 1.29 is 14.6 Å². The molecule has 1 atom stereocenters. The van der Waals surface area contributed by atoms with Crippen molar-refractivity contribution >= 4 is 0 Å². The second-order valence-electron chi connectivity index (χ2n) is 3.46. The molecule has 0 spiro atoms. The maximum atomic E-state index is 9.73. The molecule has 1 aliphatic heterocycles. The zero-order valence-electron chi connectivity index (χ0n) is 8.41. The summed E-state index contributed by atoms with van der Waals surface area (Å²) in [6, 6.07) is 3.73. The first-order valence-corrected chi connectivity index (χ1v) is 4.72. The average molecular weight is 194 g/mol. The molecular weight excluding hydrogens is 180 g/mol. The van der Waals surface area contributed by atoms with Gasteiger partial charge < -0.3 is 14.6 Å². The van der Waals surface area contributed by atoms with Crippen molar-refractivity contribution in [3.05, 3.63) is 23.3 Å². The Kier molecular flexibility index (Phi) is 2.33. The highest BCUT2D eigenvalue weighted by Crippen LogP contribution is 2.38. The number of ether oxygens (including phenoxy) is 2. The smallest absolute Gasteiger partial charge is 0.131 e. The molecule has 0 saturated heterocycles. The molecule has 3 heteroatoms. The predicted molar refractivity (Wildman–Crippen MR) is 52.8 cm³/mol. The van der Waals surface area contributed by atoms with E-state index in [-0.39, 0.29) is 0 Å². The third kappa shape index (κ3) is 1.34. The molecule has 0 saturated carbocycles. The molecule has 0 radical (unpaired) electrons. The molecule has 0 aromatic heterocycles. The summed E-state index contributed by atoms with van der Waals surface area (Å²) in [5.74, 6) is 1.58. The lowest BCUT2D eigenvalue weighted by molar-refractivity contribution is 0.114. The van der Waals surface area contributed by atoms with Crippen LogP contribution in [0, 0.1) is 6.92 Å². The molecule has 3 nitrogen and oxygen atoms in total. The van der Waals surface area contributed by atoms with Gasteiger partial charge in [0.2, 0.25) is 0 Å². The molecular formula is C11H14O3. The van der Waals surface area contributed by atoms with Gasteiger partial charge in [0.05, 0.1) is 19.8 Å². The van der Waals surface area contributed by atoms with Gasteiger partial charge in [0.15, 0.2) is 0 Å². The largest absolute Gasteiger partial charge is 0.496 e. The van der Waals surface area contributed by atoms with E-state index in [4.69, 9.17) is 9.47 Å². The van der Waals surface area contributed by atoms with Gasteiger partial charge in [0.1, 0.15) is 11.5 Å². The van der Waals surface area contributed by atoms with Crippen molar-refractivity contribution in [2.45, 2.75) is 19.4 Å². The summed E-state index contributed by atoms with van der Waals surface area (Å²) < 4.78 is 10.7. The van der Waals surface area contributed by atoms with E-state index >= 15 is 0 Å². The van der Waals surface area contributed by atoms with Crippen LogP contribution in [0.25, 0.3) is 0 Å². The van der Waals surface area contributed by atoms with Gasteiger partial charge in [0, 0.05) is 17.5 Å². The first-order valence-electron chi connectivity index (χ1n) is 4.72. The fourth-order valence-electron chi connectivity index (χ4n) is 1.80. The number of rotatable bonds is 1. The lowest BCUT2D eigenvalue weighted by atomic mass is 10.00. The molecule has 0 unspecified atom stereocenters. The Balaban J connectivity index is 2.52. The van der Waals surface area contributed by atoms with Crippen molar-refractivity contribution in [2.24, 2.45) is 0 Å². The first kappa shape index (κ1) is 9.34. The average Bonchev–Trinajstić information content (AvgIpc) is 2.20. The number of aliphatic hydroxyl groups excluding tert-OH is 1. The summed E-state index contributed by atoms with van der Waals surface area (Å²) in [6.45, 7) is 2.51. The van der Waals surface area contributed by atoms with Crippen LogP contribution in [0.1, 0.15) is 23.7 Å². The number of fused-ring (bicyclic) bond motifs is 1. The lowest BCUT2D eigenvalue weighted by Crippen LogP contribution is -2.14. The van der Waals surface area contributed by atoms with Crippen molar-refractivity contribution in [3.8, 4) is 11.5 Å². The maximum Gasteiger partial charge on any atom is 0.131 e. The van der Waals surface area contributed by atoms with Crippen LogP contribution in [0.2, 0.25) is 0 Å². The molecule has 1 aromatic rings. The van der Waals surface area contributed by atoms with Crippen molar-refractivity contribution in [3.63, 3.8) is 0 Å². The lowest BCUT2D eigenvalue weighted by Gasteiger charge is -2.24. The Morgan fingerprint density at radius 2 is 2.29 bits per heavy atom. The third-order valence-electron chi connectivity index (χ3n) is 2.60. The van der Waals surface area contributed by atoms with E-state index in [1.165, 1.54) is 0 Å². The Hall–Kier alpha value is -1.22. The van der Waals surface area contributed by atoms with E-state index < -0.39 is 6.10 Å². The minimum atomic E-state index is -0.400. The van der Waals surface area contributed by atoms with E-state index in [0.29, 0.717) is 13.0 Å². The summed E-state index contributed by atoms with van der Waals surface area (Å²) in [6.07, 6.45) is 0.266. The highest BCUT2D eigenvalue weighted by molar-refractivity contribution is 5.50. The van der Waals surface area contributed by atoms with Gasteiger partial charge in [-0.05, 0) is 19.1 Å². The van der Waals surface area contributed by atoms with E-state index in [2.05, 4.69) is 0 Å². The Morgan fingerprint density at radius 1 is 1.50 bits per heavy atom. The highest BCUT2D eigenvalue weighted by atomic mass is 16.5. The molecule has 0 amide bonds. The maximum absolute atomic E-state index is 9.73. The molecule has 2 rings (SSSR count). The van der Waals surface area contributed by atoms with Crippen LogP contribution >= 0.6 is 0 Å². The summed E-state index contributed by atoms with van der Waals surface area (Å²) in [5, 5.41) is 9.73.